The summed E-state index contributed by atoms with van der Waals surface area (Å²) in [5.74, 6) is 1.96. The van der Waals surface area contributed by atoms with Crippen LogP contribution in [-0.2, 0) is 0 Å². The quantitative estimate of drug-likeness (QED) is 0.578. The highest BCUT2D eigenvalue weighted by atomic mass is 14.3. The third-order valence-corrected chi connectivity index (χ3v) is 3.69. The summed E-state index contributed by atoms with van der Waals surface area (Å²) < 4.78 is 0. The van der Waals surface area contributed by atoms with E-state index in [0.717, 1.165) is 11.8 Å². The first-order valence-corrected chi connectivity index (χ1v) is 5.55. The predicted molar refractivity (Wildman–Crippen MR) is 55.2 cm³/mol. The summed E-state index contributed by atoms with van der Waals surface area (Å²) in [6.07, 6.45) is 7.21. The maximum absolute atomic E-state index is 2.43. The summed E-state index contributed by atoms with van der Waals surface area (Å²) in [5, 5.41) is 0. The molecule has 0 aliphatic heterocycles. The molecule has 0 aromatic carbocycles. The Morgan fingerprint density at radius 3 is 2.58 bits per heavy atom. The van der Waals surface area contributed by atoms with Gasteiger partial charge in [-0.2, -0.15) is 0 Å². The van der Waals surface area contributed by atoms with Crippen molar-refractivity contribution in [1.29, 1.82) is 0 Å². The van der Waals surface area contributed by atoms with Gasteiger partial charge in [0.25, 0.3) is 0 Å². The van der Waals surface area contributed by atoms with Crippen LogP contribution in [0.15, 0.2) is 0 Å². The van der Waals surface area contributed by atoms with E-state index in [1.165, 1.54) is 32.1 Å². The fraction of sp³-hybridized carbons (Fsp3) is 1.00. The molecule has 0 N–H and O–H groups in total. The van der Waals surface area contributed by atoms with Gasteiger partial charge in [0.1, 0.15) is 0 Å². The Morgan fingerprint density at radius 1 is 1.42 bits per heavy atom. The third-order valence-electron chi connectivity index (χ3n) is 3.69. The lowest BCUT2D eigenvalue weighted by Crippen LogP contribution is -2.26. The van der Waals surface area contributed by atoms with Gasteiger partial charge >= 0.3 is 0 Å². The molecule has 0 heteroatoms. The first-order chi connectivity index (χ1) is 5.55. The number of hydrogen-bond acceptors (Lipinski definition) is 0. The monoisotopic (exact) mass is 168 g/mol. The summed E-state index contributed by atoms with van der Waals surface area (Å²) in [4.78, 5) is 0. The largest absolute Gasteiger partial charge is 0.0651 e. The molecule has 1 fully saturated rings. The van der Waals surface area contributed by atoms with Crippen LogP contribution < -0.4 is 0 Å². The van der Waals surface area contributed by atoms with E-state index in [0.29, 0.717) is 5.41 Å². The van der Waals surface area contributed by atoms with Gasteiger partial charge in [-0.25, -0.2) is 0 Å². The molecule has 2 atom stereocenters. The van der Waals surface area contributed by atoms with Crippen molar-refractivity contribution in [3.05, 3.63) is 0 Å². The summed E-state index contributed by atoms with van der Waals surface area (Å²) in [6, 6.07) is 0. The second-order valence-electron chi connectivity index (χ2n) is 5.41. The highest BCUT2D eigenvalue weighted by Crippen LogP contribution is 2.42. The lowest BCUT2D eigenvalue weighted by Gasteiger charge is -2.37. The van der Waals surface area contributed by atoms with Crippen LogP contribution in [0.1, 0.15) is 59.8 Å². The third kappa shape index (κ3) is 2.50. The molecular formula is C12H24. The van der Waals surface area contributed by atoms with Crippen molar-refractivity contribution in [3.63, 3.8) is 0 Å². The number of rotatable bonds is 2. The van der Waals surface area contributed by atoms with E-state index >= 15 is 0 Å². The van der Waals surface area contributed by atoms with Crippen molar-refractivity contribution < 1.29 is 0 Å². The van der Waals surface area contributed by atoms with Crippen LogP contribution in [0.4, 0.5) is 0 Å². The smallest absolute Gasteiger partial charge is 0.0351 e. The van der Waals surface area contributed by atoms with Crippen molar-refractivity contribution in [2.24, 2.45) is 17.3 Å². The van der Waals surface area contributed by atoms with Gasteiger partial charge in [-0.1, -0.05) is 47.0 Å². The van der Waals surface area contributed by atoms with Gasteiger partial charge in [-0.3, -0.25) is 0 Å². The Hall–Kier alpha value is 0. The van der Waals surface area contributed by atoms with Crippen LogP contribution in [-0.4, -0.2) is 0 Å². The maximum atomic E-state index is 2.43. The van der Waals surface area contributed by atoms with Crippen molar-refractivity contribution in [2.75, 3.05) is 0 Å². The van der Waals surface area contributed by atoms with Gasteiger partial charge in [0.15, 0.2) is 0 Å². The lowest BCUT2D eigenvalue weighted by molar-refractivity contribution is 0.138. The van der Waals surface area contributed by atoms with E-state index in [1.807, 2.05) is 0 Å². The summed E-state index contributed by atoms with van der Waals surface area (Å²) >= 11 is 0. The highest BCUT2D eigenvalue weighted by Gasteiger charge is 2.29. The molecule has 0 heterocycles. The van der Waals surface area contributed by atoms with Gasteiger partial charge in [0.2, 0.25) is 0 Å². The maximum Gasteiger partial charge on any atom is -0.0351 e. The molecular weight excluding hydrogens is 144 g/mol. The Morgan fingerprint density at radius 2 is 2.08 bits per heavy atom. The molecule has 1 aliphatic rings. The molecule has 0 saturated heterocycles. The topological polar surface area (TPSA) is 0 Å². The first kappa shape index (κ1) is 10.1. The molecule has 0 aromatic heterocycles. The second-order valence-corrected chi connectivity index (χ2v) is 5.41. The molecule has 0 spiro atoms. The van der Waals surface area contributed by atoms with Gasteiger partial charge in [-0.15, -0.1) is 0 Å². The predicted octanol–water partition coefficient (Wildman–Crippen LogP) is 4.25. The zero-order chi connectivity index (χ0) is 9.19. The molecule has 1 unspecified atom stereocenters. The minimum Gasteiger partial charge on any atom is -0.0651 e. The van der Waals surface area contributed by atoms with Crippen molar-refractivity contribution >= 4 is 0 Å². The van der Waals surface area contributed by atoms with Gasteiger partial charge in [-0.05, 0) is 30.1 Å². The van der Waals surface area contributed by atoms with E-state index < -0.39 is 0 Å². The van der Waals surface area contributed by atoms with E-state index in [2.05, 4.69) is 27.7 Å². The molecule has 0 radical (unpaired) electrons. The van der Waals surface area contributed by atoms with E-state index in [9.17, 15) is 0 Å². The molecule has 0 aromatic rings. The molecule has 1 rings (SSSR count). The highest BCUT2D eigenvalue weighted by molar-refractivity contribution is 4.81. The average Bonchev–Trinajstić information content (AvgIpc) is 2.01. The molecule has 1 saturated carbocycles. The van der Waals surface area contributed by atoms with Crippen molar-refractivity contribution in [3.8, 4) is 0 Å². The van der Waals surface area contributed by atoms with Crippen molar-refractivity contribution in [1.82, 2.24) is 0 Å². The zero-order valence-electron chi connectivity index (χ0n) is 9.19. The van der Waals surface area contributed by atoms with Gasteiger partial charge in [0.05, 0.1) is 0 Å². The van der Waals surface area contributed by atoms with Gasteiger partial charge in [0, 0.05) is 0 Å². The molecule has 0 nitrogen and oxygen atoms in total. The Balaban J connectivity index is 2.46. The summed E-state index contributed by atoms with van der Waals surface area (Å²) in [6.45, 7) is 9.61. The van der Waals surface area contributed by atoms with Crippen LogP contribution in [0.2, 0.25) is 0 Å². The van der Waals surface area contributed by atoms with Crippen LogP contribution >= 0.6 is 0 Å². The molecule has 0 bridgehead atoms. The molecule has 72 valence electrons. The normalized spacial score (nSPS) is 31.5. The summed E-state index contributed by atoms with van der Waals surface area (Å²) in [5.41, 5.74) is 0.631. The molecule has 12 heavy (non-hydrogen) atoms. The summed E-state index contributed by atoms with van der Waals surface area (Å²) in [7, 11) is 0. The van der Waals surface area contributed by atoms with E-state index in [-0.39, 0.29) is 0 Å². The van der Waals surface area contributed by atoms with Crippen LogP contribution in [0.5, 0.6) is 0 Å². The fourth-order valence-corrected chi connectivity index (χ4v) is 2.58. The fourth-order valence-electron chi connectivity index (χ4n) is 2.58. The molecule has 0 amide bonds. The molecule has 1 aliphatic carbocycles. The van der Waals surface area contributed by atoms with E-state index in [1.54, 1.807) is 0 Å². The first-order valence-electron chi connectivity index (χ1n) is 5.55. The van der Waals surface area contributed by atoms with E-state index in [4.69, 9.17) is 0 Å². The lowest BCUT2D eigenvalue weighted by atomic mass is 9.68. The average molecular weight is 168 g/mol. The standard InChI is InChI=1S/C12H24/c1-5-10(2)11-7-6-8-12(3,4)9-11/h10-11H,5-9H2,1-4H3/t10?,11-/m1/s1. The van der Waals surface area contributed by atoms with Crippen LogP contribution in [0, 0.1) is 17.3 Å². The second kappa shape index (κ2) is 3.81. The zero-order valence-corrected chi connectivity index (χ0v) is 9.19. The Kier molecular flexibility index (Phi) is 3.20. The van der Waals surface area contributed by atoms with Crippen molar-refractivity contribution in [2.45, 2.75) is 59.8 Å². The SMILES string of the molecule is CCC(C)[C@@H]1CCCC(C)(C)C1. The minimum atomic E-state index is 0.631. The Bertz CT molecular complexity index is 135. The van der Waals surface area contributed by atoms with Crippen LogP contribution in [0.25, 0.3) is 0 Å². The van der Waals surface area contributed by atoms with Crippen LogP contribution in [0.3, 0.4) is 0 Å². The van der Waals surface area contributed by atoms with Gasteiger partial charge < -0.3 is 0 Å². The Labute approximate surface area is 77.7 Å². The minimum absolute atomic E-state index is 0.631. The number of hydrogen-bond donors (Lipinski definition) is 0.